The van der Waals surface area contributed by atoms with Crippen molar-refractivity contribution in [3.63, 3.8) is 0 Å². The van der Waals surface area contributed by atoms with Crippen LogP contribution in [0.4, 0.5) is 4.79 Å². The van der Waals surface area contributed by atoms with Gasteiger partial charge in [0, 0.05) is 35.5 Å². The first-order valence-electron chi connectivity index (χ1n) is 12.1. The summed E-state index contributed by atoms with van der Waals surface area (Å²) in [4.78, 5) is 24.7. The van der Waals surface area contributed by atoms with Crippen LogP contribution in [0.5, 0.6) is 5.75 Å². The van der Waals surface area contributed by atoms with Gasteiger partial charge in [-0.1, -0.05) is 54.6 Å². The molecule has 1 heterocycles. The number of alkyl carbamates (subject to hydrolysis) is 1. The van der Waals surface area contributed by atoms with Crippen LogP contribution in [0, 0.1) is 13.8 Å². The molecule has 0 spiro atoms. The largest absolute Gasteiger partial charge is 0.508 e. The zero-order valence-corrected chi connectivity index (χ0v) is 20.6. The minimum Gasteiger partial charge on any atom is -0.508 e. The Labute approximate surface area is 215 Å². The highest BCUT2D eigenvalue weighted by Gasteiger charge is 2.30. The first-order chi connectivity index (χ1) is 17.8. The van der Waals surface area contributed by atoms with Crippen molar-refractivity contribution in [3.8, 4) is 22.6 Å². The van der Waals surface area contributed by atoms with Gasteiger partial charge in [-0.25, -0.2) is 9.59 Å². The summed E-state index contributed by atoms with van der Waals surface area (Å²) < 4.78 is 7.50. The summed E-state index contributed by atoms with van der Waals surface area (Å²) in [6, 6.07) is 23.7. The third kappa shape index (κ3) is 4.68. The van der Waals surface area contributed by atoms with Crippen LogP contribution >= 0.6 is 0 Å². The predicted octanol–water partition coefficient (Wildman–Crippen LogP) is 5.33. The molecule has 0 fully saturated rings. The number of phenols is 1. The Morgan fingerprint density at radius 1 is 0.946 bits per heavy atom. The molecule has 1 atom stereocenters. The number of fused-ring (bicyclic) bond motifs is 3. The lowest BCUT2D eigenvalue weighted by atomic mass is 9.98. The van der Waals surface area contributed by atoms with Gasteiger partial charge >= 0.3 is 12.1 Å². The number of benzene rings is 3. The molecule has 0 saturated carbocycles. The number of phenolic OH excluding ortho intramolecular Hbond substituents is 1. The second-order valence-electron chi connectivity index (χ2n) is 9.32. The fourth-order valence-corrected chi connectivity index (χ4v) is 5.27. The van der Waals surface area contributed by atoms with Crippen LogP contribution in [0.15, 0.2) is 78.9 Å². The van der Waals surface area contributed by atoms with Crippen LogP contribution in [-0.2, 0) is 16.0 Å². The number of rotatable bonds is 7. The number of nitrogens with zero attached hydrogens (tertiary/aromatic N) is 1. The van der Waals surface area contributed by atoms with Crippen molar-refractivity contribution < 1.29 is 24.5 Å². The Hall–Kier alpha value is -4.52. The van der Waals surface area contributed by atoms with Crippen LogP contribution in [0.25, 0.3) is 16.8 Å². The highest BCUT2D eigenvalue weighted by Crippen LogP contribution is 2.44. The molecule has 4 aromatic rings. The number of carboxylic acid groups (broad SMARTS) is 1. The minimum atomic E-state index is -1.16. The summed E-state index contributed by atoms with van der Waals surface area (Å²) in [5.74, 6) is -1.11. The van der Waals surface area contributed by atoms with Crippen LogP contribution < -0.4 is 5.32 Å². The molecule has 37 heavy (non-hydrogen) atoms. The van der Waals surface area contributed by atoms with E-state index in [1.807, 2.05) is 66.9 Å². The Kier molecular flexibility index (Phi) is 6.44. The van der Waals surface area contributed by atoms with Crippen molar-refractivity contribution in [1.82, 2.24) is 9.88 Å². The number of carbonyl (C=O) groups excluding carboxylic acids is 1. The molecular formula is C30H28N2O5. The van der Waals surface area contributed by atoms with Crippen LogP contribution in [-0.4, -0.2) is 39.5 Å². The van der Waals surface area contributed by atoms with E-state index < -0.39 is 18.1 Å². The number of hydrogen-bond acceptors (Lipinski definition) is 4. The lowest BCUT2D eigenvalue weighted by molar-refractivity contribution is -0.139. The predicted molar refractivity (Wildman–Crippen MR) is 140 cm³/mol. The average Bonchev–Trinajstić information content (AvgIpc) is 3.35. The minimum absolute atomic E-state index is 0.0953. The second-order valence-corrected chi connectivity index (χ2v) is 9.32. The number of ether oxygens (including phenoxy) is 1. The number of aromatic hydroxyl groups is 1. The molecule has 7 nitrogen and oxygen atoms in total. The van der Waals surface area contributed by atoms with Gasteiger partial charge in [-0.2, -0.15) is 0 Å². The van der Waals surface area contributed by atoms with Gasteiger partial charge in [0.15, 0.2) is 0 Å². The molecule has 1 aliphatic carbocycles. The third-order valence-electron chi connectivity index (χ3n) is 6.98. The Balaban J connectivity index is 1.29. The quantitative estimate of drug-likeness (QED) is 0.321. The molecule has 5 rings (SSSR count). The molecule has 0 bridgehead atoms. The summed E-state index contributed by atoms with van der Waals surface area (Å²) >= 11 is 0. The molecular weight excluding hydrogens is 468 g/mol. The number of nitrogens with one attached hydrogen (secondary N) is 1. The van der Waals surface area contributed by atoms with Gasteiger partial charge in [-0.15, -0.1) is 0 Å². The Bertz CT molecular complexity index is 1440. The van der Waals surface area contributed by atoms with Gasteiger partial charge in [0.25, 0.3) is 0 Å². The molecule has 7 heteroatoms. The molecule has 0 saturated heterocycles. The SMILES string of the molecule is Cc1cc(CC(NC(=O)OCC2c3ccccc3-c3ccccc32)C(=O)O)c(C)n1-c1cccc(O)c1. The van der Waals surface area contributed by atoms with E-state index in [-0.39, 0.29) is 24.7 Å². The van der Waals surface area contributed by atoms with E-state index in [0.29, 0.717) is 0 Å². The summed E-state index contributed by atoms with van der Waals surface area (Å²) in [5.41, 5.74) is 7.71. The van der Waals surface area contributed by atoms with Gasteiger partial charge in [-0.3, -0.25) is 0 Å². The van der Waals surface area contributed by atoms with Gasteiger partial charge in [-0.05, 0) is 59.9 Å². The van der Waals surface area contributed by atoms with Crippen molar-refractivity contribution >= 4 is 12.1 Å². The Morgan fingerprint density at radius 2 is 1.59 bits per heavy atom. The fourth-order valence-electron chi connectivity index (χ4n) is 5.27. The molecule has 1 unspecified atom stereocenters. The zero-order chi connectivity index (χ0) is 26.1. The molecule has 1 aliphatic rings. The second kappa shape index (κ2) is 9.85. The van der Waals surface area contributed by atoms with Crippen molar-refractivity contribution in [2.24, 2.45) is 0 Å². The molecule has 188 valence electrons. The fraction of sp³-hybridized carbons (Fsp3) is 0.200. The number of aromatic nitrogens is 1. The highest BCUT2D eigenvalue weighted by atomic mass is 16.5. The summed E-state index contributed by atoms with van der Waals surface area (Å²) in [6.07, 6.45) is -0.672. The van der Waals surface area contributed by atoms with E-state index in [4.69, 9.17) is 4.74 Å². The maximum atomic E-state index is 12.7. The topological polar surface area (TPSA) is 101 Å². The first-order valence-corrected chi connectivity index (χ1v) is 12.1. The van der Waals surface area contributed by atoms with Crippen LogP contribution in [0.2, 0.25) is 0 Å². The average molecular weight is 497 g/mol. The van der Waals surface area contributed by atoms with E-state index in [9.17, 15) is 19.8 Å². The number of amides is 1. The summed E-state index contributed by atoms with van der Waals surface area (Å²) in [7, 11) is 0. The number of hydrogen-bond donors (Lipinski definition) is 3. The van der Waals surface area contributed by atoms with E-state index in [1.54, 1.807) is 18.2 Å². The summed E-state index contributed by atoms with van der Waals surface area (Å²) in [6.45, 7) is 3.91. The highest BCUT2D eigenvalue weighted by molar-refractivity contribution is 5.81. The summed E-state index contributed by atoms with van der Waals surface area (Å²) in [5, 5.41) is 22.2. The van der Waals surface area contributed by atoms with Gasteiger partial charge < -0.3 is 24.8 Å². The van der Waals surface area contributed by atoms with Crippen molar-refractivity contribution in [2.45, 2.75) is 32.2 Å². The number of carboxylic acids is 1. The number of carbonyl (C=O) groups is 2. The standard InChI is InChI=1S/C30H28N2O5/c1-18-14-20(19(2)32(18)21-8-7-9-22(33)16-21)15-28(29(34)35)31-30(36)37-17-27-25-12-5-3-10-23(25)24-11-4-6-13-26(24)27/h3-14,16,27-28,33H,15,17H2,1-2H3,(H,31,36)(H,34,35). The molecule has 1 aromatic heterocycles. The van der Waals surface area contributed by atoms with Gasteiger partial charge in [0.2, 0.25) is 0 Å². The molecule has 1 amide bonds. The third-order valence-corrected chi connectivity index (χ3v) is 6.98. The normalized spacial score (nSPS) is 13.0. The van der Waals surface area contributed by atoms with Crippen molar-refractivity contribution in [2.75, 3.05) is 6.61 Å². The van der Waals surface area contributed by atoms with E-state index in [0.717, 1.165) is 44.9 Å². The maximum absolute atomic E-state index is 12.7. The zero-order valence-electron chi connectivity index (χ0n) is 20.6. The van der Waals surface area contributed by atoms with Crippen LogP contribution in [0.1, 0.15) is 34.0 Å². The van der Waals surface area contributed by atoms with E-state index in [2.05, 4.69) is 17.4 Å². The number of aryl methyl sites for hydroxylation is 1. The van der Waals surface area contributed by atoms with Crippen LogP contribution in [0.3, 0.4) is 0 Å². The van der Waals surface area contributed by atoms with Gasteiger partial charge in [0.05, 0.1) is 0 Å². The molecule has 0 aliphatic heterocycles. The van der Waals surface area contributed by atoms with Crippen molar-refractivity contribution in [3.05, 3.63) is 107 Å². The Morgan fingerprint density at radius 3 is 2.22 bits per heavy atom. The maximum Gasteiger partial charge on any atom is 0.407 e. The number of aliphatic carboxylic acids is 1. The monoisotopic (exact) mass is 496 g/mol. The molecule has 3 N–H and O–H groups in total. The lowest BCUT2D eigenvalue weighted by Crippen LogP contribution is -2.43. The molecule has 0 radical (unpaired) electrons. The van der Waals surface area contributed by atoms with Crippen molar-refractivity contribution in [1.29, 1.82) is 0 Å². The van der Waals surface area contributed by atoms with E-state index in [1.165, 1.54) is 0 Å². The van der Waals surface area contributed by atoms with E-state index >= 15 is 0 Å². The smallest absolute Gasteiger partial charge is 0.407 e. The first kappa shape index (κ1) is 24.2. The molecule has 3 aromatic carbocycles. The van der Waals surface area contributed by atoms with Gasteiger partial charge in [0.1, 0.15) is 18.4 Å². The lowest BCUT2D eigenvalue weighted by Gasteiger charge is -2.18.